The second-order valence-corrected chi connectivity index (χ2v) is 7.02. The van der Waals surface area contributed by atoms with Gasteiger partial charge in [-0.25, -0.2) is 4.79 Å². The largest absolute Gasteiger partial charge is 0.455 e. The van der Waals surface area contributed by atoms with E-state index in [1.54, 1.807) is 13.8 Å². The van der Waals surface area contributed by atoms with Gasteiger partial charge in [0.1, 0.15) is 18.3 Å². The highest BCUT2D eigenvalue weighted by Crippen LogP contribution is 2.37. The van der Waals surface area contributed by atoms with Crippen LogP contribution in [0.25, 0.3) is 0 Å². The summed E-state index contributed by atoms with van der Waals surface area (Å²) in [5.74, 6) is -1.40. The first-order valence-corrected chi connectivity index (χ1v) is 8.12. The van der Waals surface area contributed by atoms with Crippen LogP contribution in [0, 0.1) is 0 Å². The number of esters is 1. The quantitative estimate of drug-likeness (QED) is 0.697. The Morgan fingerprint density at radius 3 is 2.39 bits per heavy atom. The van der Waals surface area contributed by atoms with Crippen molar-refractivity contribution in [3.63, 3.8) is 0 Å². The predicted octanol–water partition coefficient (Wildman–Crippen LogP) is 1.01. The zero-order chi connectivity index (χ0) is 17.4. The lowest BCUT2D eigenvalue weighted by Crippen LogP contribution is -2.48. The first-order valence-electron chi connectivity index (χ1n) is 8.12. The Morgan fingerprint density at radius 2 is 1.83 bits per heavy atom. The predicted molar refractivity (Wildman–Crippen MR) is 80.8 cm³/mol. The molecule has 7 nitrogen and oxygen atoms in total. The van der Waals surface area contributed by atoms with Crippen molar-refractivity contribution in [3.05, 3.63) is 0 Å². The minimum atomic E-state index is -1.06. The minimum Gasteiger partial charge on any atom is -0.455 e. The number of fused-ring (bicyclic) bond motifs is 1. The van der Waals surface area contributed by atoms with Crippen LogP contribution in [0.2, 0.25) is 0 Å². The molecule has 0 spiro atoms. The molecule has 0 saturated carbocycles. The molecule has 0 unspecified atom stereocenters. The second kappa shape index (κ2) is 7.03. The summed E-state index contributed by atoms with van der Waals surface area (Å²) >= 11 is 0. The van der Waals surface area contributed by atoms with Gasteiger partial charge >= 0.3 is 5.97 Å². The first kappa shape index (κ1) is 18.6. The molecule has 1 N–H and O–H groups in total. The lowest BCUT2D eigenvalue weighted by molar-refractivity contribution is -0.204. The van der Waals surface area contributed by atoms with Gasteiger partial charge in [0.15, 0.2) is 18.0 Å². The fourth-order valence-electron chi connectivity index (χ4n) is 2.81. The molecular formula is C16H28O7. The van der Waals surface area contributed by atoms with Gasteiger partial charge in [-0.2, -0.15) is 0 Å². The lowest BCUT2D eigenvalue weighted by atomic mass is 10.0. The smallest absolute Gasteiger partial charge is 0.338 e. The molecule has 2 fully saturated rings. The molecule has 2 saturated heterocycles. The monoisotopic (exact) mass is 332 g/mol. The van der Waals surface area contributed by atoms with Gasteiger partial charge in [0.25, 0.3) is 0 Å². The number of carbonyl (C=O) groups is 1. The van der Waals surface area contributed by atoms with Crippen molar-refractivity contribution in [2.24, 2.45) is 0 Å². The van der Waals surface area contributed by atoms with E-state index in [1.165, 1.54) is 0 Å². The number of cyclic esters (lactones) is 1. The maximum atomic E-state index is 12.0. The Morgan fingerprint density at radius 1 is 1.17 bits per heavy atom. The lowest BCUT2D eigenvalue weighted by Gasteiger charge is -2.31. The van der Waals surface area contributed by atoms with E-state index in [9.17, 15) is 9.90 Å². The van der Waals surface area contributed by atoms with Crippen LogP contribution < -0.4 is 0 Å². The Kier molecular flexibility index (Phi) is 5.68. The van der Waals surface area contributed by atoms with Crippen molar-refractivity contribution in [2.75, 3.05) is 6.61 Å². The zero-order valence-corrected chi connectivity index (χ0v) is 14.6. The topological polar surface area (TPSA) is 83.5 Å². The number of aliphatic hydroxyl groups is 1. The molecular weight excluding hydrogens is 304 g/mol. The molecule has 0 aliphatic carbocycles. The third kappa shape index (κ3) is 4.42. The van der Waals surface area contributed by atoms with Crippen LogP contribution in [0.5, 0.6) is 0 Å². The van der Waals surface area contributed by atoms with Crippen molar-refractivity contribution in [2.45, 2.75) is 90.1 Å². The van der Waals surface area contributed by atoms with Crippen molar-refractivity contribution in [3.8, 4) is 0 Å². The molecule has 2 heterocycles. The Bertz CT molecular complexity index is 421. The molecule has 2 aliphatic heterocycles. The van der Waals surface area contributed by atoms with Gasteiger partial charge in [0, 0.05) is 0 Å². The van der Waals surface area contributed by atoms with E-state index in [0.29, 0.717) is 0 Å². The Hall–Kier alpha value is -0.730. The standard InChI is InChI=1S/C16H28O7/c1-8(2)19-7-10(20-9(3)4)11(17)12-13-14(15(18)21-12)23-16(5,6)22-13/h8-14,17H,7H2,1-6H3/t10-,11-,12+,13-,14-/m1/s1. The summed E-state index contributed by atoms with van der Waals surface area (Å²) in [5.41, 5.74) is 0. The van der Waals surface area contributed by atoms with Crippen LogP contribution >= 0.6 is 0 Å². The molecule has 0 aromatic rings. The Balaban J connectivity index is 2.09. The van der Waals surface area contributed by atoms with Crippen LogP contribution in [-0.2, 0) is 28.5 Å². The molecule has 7 heteroatoms. The number of ether oxygens (including phenoxy) is 5. The third-order valence-electron chi connectivity index (χ3n) is 3.70. The van der Waals surface area contributed by atoms with Crippen molar-refractivity contribution >= 4 is 5.97 Å². The van der Waals surface area contributed by atoms with Gasteiger partial charge in [-0.15, -0.1) is 0 Å². The van der Waals surface area contributed by atoms with Gasteiger partial charge in [0.05, 0.1) is 18.8 Å². The van der Waals surface area contributed by atoms with Gasteiger partial charge in [-0.05, 0) is 41.5 Å². The van der Waals surface area contributed by atoms with Gasteiger partial charge in [-0.1, -0.05) is 0 Å². The summed E-state index contributed by atoms with van der Waals surface area (Å²) in [5, 5.41) is 10.7. The maximum Gasteiger partial charge on any atom is 0.338 e. The van der Waals surface area contributed by atoms with E-state index in [-0.39, 0.29) is 18.8 Å². The number of hydrogen-bond donors (Lipinski definition) is 1. The maximum absolute atomic E-state index is 12.0. The molecule has 134 valence electrons. The van der Waals surface area contributed by atoms with E-state index >= 15 is 0 Å². The average molecular weight is 332 g/mol. The average Bonchev–Trinajstić information content (AvgIpc) is 2.88. The summed E-state index contributed by atoms with van der Waals surface area (Å²) in [7, 11) is 0. The summed E-state index contributed by atoms with van der Waals surface area (Å²) in [6, 6.07) is 0. The number of rotatable bonds is 7. The second-order valence-electron chi connectivity index (χ2n) is 7.02. The van der Waals surface area contributed by atoms with Crippen LogP contribution in [0.1, 0.15) is 41.5 Å². The highest BCUT2D eigenvalue weighted by Gasteiger charge is 2.58. The molecule has 0 amide bonds. The van der Waals surface area contributed by atoms with Gasteiger partial charge in [-0.3, -0.25) is 0 Å². The van der Waals surface area contributed by atoms with E-state index in [4.69, 9.17) is 23.7 Å². The highest BCUT2D eigenvalue weighted by molar-refractivity contribution is 5.78. The molecule has 23 heavy (non-hydrogen) atoms. The SMILES string of the molecule is CC(C)OC[C@@H](OC(C)C)[C@@H](O)[C@@H]1OC(=O)[C@@H]2OC(C)(C)O[C@H]12. The third-order valence-corrected chi connectivity index (χ3v) is 3.70. The summed E-state index contributed by atoms with van der Waals surface area (Å²) in [6.07, 6.45) is -4.08. The molecule has 2 rings (SSSR count). The minimum absolute atomic E-state index is 0.00402. The Labute approximate surface area is 137 Å². The van der Waals surface area contributed by atoms with Crippen LogP contribution in [-0.4, -0.2) is 66.2 Å². The van der Waals surface area contributed by atoms with Crippen molar-refractivity contribution < 1.29 is 33.6 Å². The van der Waals surface area contributed by atoms with Gasteiger partial charge in [0.2, 0.25) is 0 Å². The van der Waals surface area contributed by atoms with E-state index in [0.717, 1.165) is 0 Å². The normalized spacial score (nSPS) is 32.2. The molecule has 5 atom stereocenters. The summed E-state index contributed by atoms with van der Waals surface area (Å²) in [6.45, 7) is 11.2. The fourth-order valence-corrected chi connectivity index (χ4v) is 2.81. The van der Waals surface area contributed by atoms with Crippen LogP contribution in [0.4, 0.5) is 0 Å². The first-order chi connectivity index (χ1) is 10.6. The molecule has 0 radical (unpaired) electrons. The highest BCUT2D eigenvalue weighted by atomic mass is 16.8. The van der Waals surface area contributed by atoms with E-state index in [1.807, 2.05) is 27.7 Å². The van der Waals surface area contributed by atoms with E-state index < -0.39 is 42.3 Å². The molecule has 2 aliphatic rings. The molecule has 0 aromatic carbocycles. The number of aliphatic hydroxyl groups excluding tert-OH is 1. The van der Waals surface area contributed by atoms with Crippen molar-refractivity contribution in [1.82, 2.24) is 0 Å². The zero-order valence-electron chi connectivity index (χ0n) is 14.6. The van der Waals surface area contributed by atoms with Crippen LogP contribution in [0.3, 0.4) is 0 Å². The molecule has 0 aromatic heterocycles. The summed E-state index contributed by atoms with van der Waals surface area (Å²) < 4.78 is 27.9. The summed E-state index contributed by atoms with van der Waals surface area (Å²) in [4.78, 5) is 12.0. The fraction of sp³-hybridized carbons (Fsp3) is 0.938. The number of carbonyl (C=O) groups excluding carboxylic acids is 1. The molecule has 0 bridgehead atoms. The van der Waals surface area contributed by atoms with E-state index in [2.05, 4.69) is 0 Å². The van der Waals surface area contributed by atoms with Gasteiger partial charge < -0.3 is 28.8 Å². The van der Waals surface area contributed by atoms with Crippen molar-refractivity contribution in [1.29, 1.82) is 0 Å². The van der Waals surface area contributed by atoms with Crippen LogP contribution in [0.15, 0.2) is 0 Å². The number of hydrogen-bond acceptors (Lipinski definition) is 7.